The third-order valence-corrected chi connectivity index (χ3v) is 7.09. The zero-order chi connectivity index (χ0) is 25.8. The number of hydrogen-bond donors (Lipinski definition) is 2. The number of nitrogens with one attached hydrogen (secondary N) is 1. The third-order valence-electron chi connectivity index (χ3n) is 7.09. The molecule has 3 aromatic rings. The number of benzene rings is 3. The van der Waals surface area contributed by atoms with E-state index in [-0.39, 0.29) is 5.91 Å². The number of hydrogen-bond acceptors (Lipinski definition) is 3. The van der Waals surface area contributed by atoms with Gasteiger partial charge in [0.1, 0.15) is 0 Å². The Morgan fingerprint density at radius 1 is 0.944 bits per heavy atom. The molecule has 2 atom stereocenters. The fraction of sp³-hybridized carbons (Fsp3) is 0.345. The van der Waals surface area contributed by atoms with Gasteiger partial charge in [0.05, 0.1) is 23.1 Å². The number of alkyl halides is 3. The summed E-state index contributed by atoms with van der Waals surface area (Å²) < 4.78 is 39.5. The zero-order valence-corrected chi connectivity index (χ0v) is 20.2. The van der Waals surface area contributed by atoms with Crippen LogP contribution >= 0.6 is 0 Å². The van der Waals surface area contributed by atoms with Crippen molar-refractivity contribution < 1.29 is 23.1 Å². The Balaban J connectivity index is 1.71. The predicted molar refractivity (Wildman–Crippen MR) is 133 cm³/mol. The second-order valence-electron chi connectivity index (χ2n) is 9.34. The van der Waals surface area contributed by atoms with Crippen LogP contribution in [0, 0.1) is 0 Å². The van der Waals surface area contributed by atoms with E-state index in [1.54, 1.807) is 0 Å². The molecule has 1 fully saturated rings. The Bertz CT molecular complexity index is 1100. The maximum Gasteiger partial charge on any atom is 0.416 e. The van der Waals surface area contributed by atoms with Crippen LogP contribution in [0.1, 0.15) is 48.1 Å². The van der Waals surface area contributed by atoms with Gasteiger partial charge in [-0.25, -0.2) is 0 Å². The van der Waals surface area contributed by atoms with Gasteiger partial charge in [-0.1, -0.05) is 79.7 Å². The van der Waals surface area contributed by atoms with Gasteiger partial charge in [0.25, 0.3) is 0 Å². The van der Waals surface area contributed by atoms with E-state index in [4.69, 9.17) is 0 Å². The molecule has 1 heterocycles. The van der Waals surface area contributed by atoms with Crippen LogP contribution in [0.5, 0.6) is 0 Å². The number of rotatable bonds is 8. The number of halogens is 3. The van der Waals surface area contributed by atoms with Gasteiger partial charge in [-0.2, -0.15) is 13.2 Å². The first-order valence-electron chi connectivity index (χ1n) is 12.2. The molecule has 3 aromatic carbocycles. The van der Waals surface area contributed by atoms with Gasteiger partial charge in [-0.05, 0) is 41.7 Å². The minimum Gasteiger partial charge on any atom is -0.392 e. The summed E-state index contributed by atoms with van der Waals surface area (Å²) >= 11 is 0. The van der Waals surface area contributed by atoms with Crippen LogP contribution in [0.2, 0.25) is 0 Å². The van der Waals surface area contributed by atoms with Crippen LogP contribution < -0.4 is 5.32 Å². The van der Waals surface area contributed by atoms with Crippen molar-refractivity contribution in [2.75, 3.05) is 19.6 Å². The average Bonchev–Trinajstić information content (AvgIpc) is 3.30. The van der Waals surface area contributed by atoms with Crippen molar-refractivity contribution in [2.24, 2.45) is 0 Å². The van der Waals surface area contributed by atoms with Crippen LogP contribution in [0.3, 0.4) is 0 Å². The second-order valence-corrected chi connectivity index (χ2v) is 9.34. The van der Waals surface area contributed by atoms with Crippen molar-refractivity contribution in [3.05, 3.63) is 107 Å². The number of aliphatic hydroxyl groups is 1. The van der Waals surface area contributed by atoms with Crippen LogP contribution in [0.25, 0.3) is 0 Å². The number of amides is 1. The maximum atomic E-state index is 14.2. The molecule has 0 bridgehead atoms. The van der Waals surface area contributed by atoms with Gasteiger partial charge >= 0.3 is 6.18 Å². The minimum atomic E-state index is -4.44. The number of likely N-dealkylation sites (tertiary alicyclic amines) is 1. The Labute approximate surface area is 209 Å². The summed E-state index contributed by atoms with van der Waals surface area (Å²) in [7, 11) is 0. The van der Waals surface area contributed by atoms with Crippen molar-refractivity contribution in [1.29, 1.82) is 0 Å². The lowest BCUT2D eigenvalue weighted by atomic mass is 9.71. The fourth-order valence-corrected chi connectivity index (χ4v) is 5.10. The van der Waals surface area contributed by atoms with E-state index in [0.29, 0.717) is 38.0 Å². The quantitative estimate of drug-likeness (QED) is 0.444. The highest BCUT2D eigenvalue weighted by molar-refractivity contribution is 5.92. The standard InChI is InChI=1S/C29H31F3N2O2/c1-2-28(22-9-5-3-6-10-22,23-11-7-4-8-12-23)27(36)33-26(20-34-18-17-25(35)19-34)21-13-15-24(16-14-21)29(30,31)32/h3-16,25-26,35H,2,17-20H2,1H3,(H,33,36)/t25?,26-/m1/s1. The number of β-amino-alcohol motifs (C(OH)–C–C–N with tert-alkyl or cyclic N) is 1. The van der Waals surface area contributed by atoms with Crippen LogP contribution in [0.15, 0.2) is 84.9 Å². The molecule has 2 N–H and O–H groups in total. The minimum absolute atomic E-state index is 0.216. The zero-order valence-electron chi connectivity index (χ0n) is 20.2. The lowest BCUT2D eigenvalue weighted by molar-refractivity contribution is -0.137. The molecule has 0 radical (unpaired) electrons. The summed E-state index contributed by atoms with van der Waals surface area (Å²) in [6.07, 6.45) is -3.76. The highest BCUT2D eigenvalue weighted by Crippen LogP contribution is 2.37. The van der Waals surface area contributed by atoms with Crippen molar-refractivity contribution >= 4 is 5.91 Å². The van der Waals surface area contributed by atoms with Crippen molar-refractivity contribution in [3.63, 3.8) is 0 Å². The number of nitrogens with zero attached hydrogens (tertiary/aromatic N) is 1. The average molecular weight is 497 g/mol. The second kappa shape index (κ2) is 10.8. The topological polar surface area (TPSA) is 52.6 Å². The molecule has 7 heteroatoms. The molecule has 1 saturated heterocycles. The summed E-state index contributed by atoms with van der Waals surface area (Å²) in [5.74, 6) is -0.216. The summed E-state index contributed by atoms with van der Waals surface area (Å²) in [6, 6.07) is 23.5. The Hall–Kier alpha value is -3.16. The highest BCUT2D eigenvalue weighted by atomic mass is 19.4. The van der Waals surface area contributed by atoms with Crippen LogP contribution in [-0.4, -0.2) is 41.7 Å². The summed E-state index contributed by atoms with van der Waals surface area (Å²) in [4.78, 5) is 16.2. The van der Waals surface area contributed by atoms with E-state index < -0.39 is 29.3 Å². The number of carbonyl (C=O) groups excluding carboxylic acids is 1. The number of carbonyl (C=O) groups is 1. The molecule has 4 rings (SSSR count). The molecule has 1 aliphatic rings. The Morgan fingerprint density at radius 3 is 1.94 bits per heavy atom. The van der Waals surface area contributed by atoms with Gasteiger partial charge in [-0.15, -0.1) is 0 Å². The lowest BCUT2D eigenvalue weighted by Gasteiger charge is -2.35. The van der Waals surface area contributed by atoms with Gasteiger partial charge in [0, 0.05) is 19.6 Å². The molecular formula is C29H31F3N2O2. The normalized spacial score (nSPS) is 17.6. The summed E-state index contributed by atoms with van der Waals surface area (Å²) in [5.41, 5.74) is 0.572. The van der Waals surface area contributed by atoms with E-state index in [2.05, 4.69) is 5.32 Å². The smallest absolute Gasteiger partial charge is 0.392 e. The largest absolute Gasteiger partial charge is 0.416 e. The molecule has 36 heavy (non-hydrogen) atoms. The molecule has 0 aromatic heterocycles. The molecular weight excluding hydrogens is 465 g/mol. The lowest BCUT2D eigenvalue weighted by Crippen LogP contribution is -2.48. The van der Waals surface area contributed by atoms with E-state index in [1.807, 2.05) is 72.5 Å². The molecule has 4 nitrogen and oxygen atoms in total. The molecule has 190 valence electrons. The van der Waals surface area contributed by atoms with Gasteiger partial charge in [0.15, 0.2) is 0 Å². The Morgan fingerprint density at radius 2 is 1.50 bits per heavy atom. The Kier molecular flexibility index (Phi) is 7.81. The van der Waals surface area contributed by atoms with Crippen molar-refractivity contribution in [2.45, 2.75) is 43.5 Å². The SMILES string of the molecule is CCC(C(=O)N[C@H](CN1CCC(O)C1)c1ccc(C(F)(F)F)cc1)(c1ccccc1)c1ccccc1. The van der Waals surface area contributed by atoms with E-state index in [1.165, 1.54) is 12.1 Å². The molecule has 1 unspecified atom stereocenters. The summed E-state index contributed by atoms with van der Waals surface area (Å²) in [6.45, 7) is 3.47. The van der Waals surface area contributed by atoms with E-state index in [9.17, 15) is 23.1 Å². The molecule has 0 spiro atoms. The van der Waals surface area contributed by atoms with Gasteiger partial charge in [-0.3, -0.25) is 9.69 Å². The van der Waals surface area contributed by atoms with Crippen molar-refractivity contribution in [1.82, 2.24) is 10.2 Å². The molecule has 0 saturated carbocycles. The fourth-order valence-electron chi connectivity index (χ4n) is 5.10. The highest BCUT2D eigenvalue weighted by Gasteiger charge is 2.41. The van der Waals surface area contributed by atoms with Crippen LogP contribution in [0.4, 0.5) is 13.2 Å². The first-order chi connectivity index (χ1) is 17.2. The molecule has 1 aliphatic heterocycles. The molecule has 0 aliphatic carbocycles. The summed E-state index contributed by atoms with van der Waals surface area (Å²) in [5, 5.41) is 13.2. The molecule has 1 amide bonds. The van der Waals surface area contributed by atoms with Gasteiger partial charge in [0.2, 0.25) is 5.91 Å². The van der Waals surface area contributed by atoms with Crippen molar-refractivity contribution in [3.8, 4) is 0 Å². The van der Waals surface area contributed by atoms with E-state index >= 15 is 0 Å². The first kappa shape index (κ1) is 25.9. The predicted octanol–water partition coefficient (Wildman–Crippen LogP) is 5.33. The monoisotopic (exact) mass is 496 g/mol. The maximum absolute atomic E-state index is 14.2. The third kappa shape index (κ3) is 5.47. The van der Waals surface area contributed by atoms with E-state index in [0.717, 1.165) is 23.3 Å². The first-order valence-corrected chi connectivity index (χ1v) is 12.2. The van der Waals surface area contributed by atoms with Gasteiger partial charge < -0.3 is 10.4 Å². The number of aliphatic hydroxyl groups excluding tert-OH is 1. The van der Waals surface area contributed by atoms with Crippen LogP contribution in [-0.2, 0) is 16.4 Å².